The molecule has 2 heterocycles. The van der Waals surface area contributed by atoms with Gasteiger partial charge in [0.25, 0.3) is 0 Å². The third kappa shape index (κ3) is 2.50. The maximum Gasteiger partial charge on any atom is 0.197 e. The number of anilines is 2. The Morgan fingerprint density at radius 3 is 2.31 bits per heavy atom. The molecule has 6 nitrogen and oxygen atoms in total. The zero-order valence-corrected chi connectivity index (χ0v) is 9.53. The molecule has 0 bridgehead atoms. The molecule has 2 rings (SSSR count). The van der Waals surface area contributed by atoms with Gasteiger partial charge < -0.3 is 11.5 Å². The van der Waals surface area contributed by atoms with Crippen LogP contribution in [0.15, 0.2) is 28.6 Å². The second kappa shape index (κ2) is 4.50. The summed E-state index contributed by atoms with van der Waals surface area (Å²) in [5.41, 5.74) is 11.1. The smallest absolute Gasteiger partial charge is 0.197 e. The highest BCUT2D eigenvalue weighted by Crippen LogP contribution is 2.28. The molecule has 0 amide bonds. The minimum atomic E-state index is 0.289. The van der Waals surface area contributed by atoms with Crippen molar-refractivity contribution in [1.82, 2.24) is 19.9 Å². The maximum absolute atomic E-state index is 5.84. The number of nitrogen functional groups attached to an aromatic ring is 2. The molecule has 0 aliphatic heterocycles. The Morgan fingerprint density at radius 1 is 1.06 bits per heavy atom. The van der Waals surface area contributed by atoms with Crippen LogP contribution in [-0.4, -0.2) is 19.9 Å². The van der Waals surface area contributed by atoms with Crippen molar-refractivity contribution in [1.29, 1.82) is 0 Å². The summed E-state index contributed by atoms with van der Waals surface area (Å²) in [6.07, 6.45) is 3.03. The predicted octanol–water partition coefficient (Wildman–Crippen LogP) is 1.24. The van der Waals surface area contributed by atoms with Crippen LogP contribution in [-0.2, 0) is 0 Å². The number of hydrogen-bond donors (Lipinski definition) is 2. The normalized spacial score (nSPS) is 10.3. The van der Waals surface area contributed by atoms with Gasteiger partial charge in [-0.2, -0.15) is 0 Å². The summed E-state index contributed by atoms with van der Waals surface area (Å²) in [7, 11) is 0. The van der Waals surface area contributed by atoms with Crippen LogP contribution in [0.3, 0.4) is 0 Å². The molecule has 16 heavy (non-hydrogen) atoms. The van der Waals surface area contributed by atoms with Crippen molar-refractivity contribution in [3.8, 4) is 0 Å². The number of halogens is 1. The van der Waals surface area contributed by atoms with Crippen molar-refractivity contribution in [3.05, 3.63) is 23.6 Å². The fourth-order valence-electron chi connectivity index (χ4n) is 0.971. The average molecular weight is 255 g/mol. The Kier molecular flexibility index (Phi) is 3.07. The number of nitrogens with two attached hydrogens (primary N) is 2. The topological polar surface area (TPSA) is 104 Å². The molecule has 0 aliphatic rings. The molecule has 2 aromatic rings. The Balaban J connectivity index is 2.30. The van der Waals surface area contributed by atoms with Gasteiger partial charge in [0.05, 0.1) is 0 Å². The van der Waals surface area contributed by atoms with Gasteiger partial charge in [0.1, 0.15) is 16.7 Å². The van der Waals surface area contributed by atoms with Gasteiger partial charge in [-0.1, -0.05) is 11.6 Å². The number of rotatable bonds is 2. The van der Waals surface area contributed by atoms with Crippen LogP contribution in [0.25, 0.3) is 0 Å². The maximum atomic E-state index is 5.84. The minimum Gasteiger partial charge on any atom is -0.383 e. The first-order valence-corrected chi connectivity index (χ1v) is 5.39. The molecule has 0 aliphatic carbocycles. The largest absolute Gasteiger partial charge is 0.383 e. The van der Waals surface area contributed by atoms with E-state index in [4.69, 9.17) is 23.1 Å². The Bertz CT molecular complexity index is 499. The number of hydrogen-bond acceptors (Lipinski definition) is 7. The third-order valence-corrected chi connectivity index (χ3v) is 2.80. The molecular weight excluding hydrogens is 248 g/mol. The molecule has 4 N–H and O–H groups in total. The second-order valence-corrected chi connectivity index (χ2v) is 4.07. The fourth-order valence-corrected chi connectivity index (χ4v) is 1.92. The molecule has 8 heteroatoms. The van der Waals surface area contributed by atoms with E-state index >= 15 is 0 Å². The highest BCUT2D eigenvalue weighted by Gasteiger charge is 2.08. The second-order valence-electron chi connectivity index (χ2n) is 2.75. The molecule has 0 radical (unpaired) electrons. The van der Waals surface area contributed by atoms with Gasteiger partial charge >= 0.3 is 0 Å². The van der Waals surface area contributed by atoms with Crippen LogP contribution in [0, 0.1) is 0 Å². The molecule has 0 saturated heterocycles. The van der Waals surface area contributed by atoms with Crippen LogP contribution in [0.5, 0.6) is 0 Å². The summed E-state index contributed by atoms with van der Waals surface area (Å²) in [6.45, 7) is 0. The van der Waals surface area contributed by atoms with E-state index in [1.165, 1.54) is 18.5 Å². The molecule has 82 valence electrons. The summed E-state index contributed by atoms with van der Waals surface area (Å²) in [5, 5.41) is 1.19. The molecule has 2 aromatic heterocycles. The summed E-state index contributed by atoms with van der Waals surface area (Å²) >= 11 is 7.00. The molecule has 0 unspecified atom stereocenters. The number of aromatic nitrogens is 4. The first-order chi connectivity index (χ1) is 7.65. The van der Waals surface area contributed by atoms with Crippen LogP contribution < -0.4 is 11.5 Å². The fraction of sp³-hybridized carbons (Fsp3) is 0. The SMILES string of the molecule is Nc1cc(N)nc(Sc2nccnc2Cl)n1. The molecule has 0 aromatic carbocycles. The zero-order chi connectivity index (χ0) is 11.5. The summed E-state index contributed by atoms with van der Waals surface area (Å²) in [4.78, 5) is 15.9. The predicted molar refractivity (Wildman–Crippen MR) is 62.0 cm³/mol. The van der Waals surface area contributed by atoms with Crippen molar-refractivity contribution < 1.29 is 0 Å². The number of nitrogens with zero attached hydrogens (tertiary/aromatic N) is 4. The van der Waals surface area contributed by atoms with E-state index in [0.29, 0.717) is 21.8 Å². The van der Waals surface area contributed by atoms with Gasteiger partial charge in [-0.3, -0.25) is 0 Å². The zero-order valence-electron chi connectivity index (χ0n) is 7.96. The van der Waals surface area contributed by atoms with Crippen LogP contribution in [0.4, 0.5) is 11.6 Å². The van der Waals surface area contributed by atoms with Crippen molar-refractivity contribution in [2.24, 2.45) is 0 Å². The lowest BCUT2D eigenvalue weighted by atomic mass is 10.5. The lowest BCUT2D eigenvalue weighted by Crippen LogP contribution is -1.99. The highest BCUT2D eigenvalue weighted by molar-refractivity contribution is 7.99. The molecule has 0 fully saturated rings. The van der Waals surface area contributed by atoms with Gasteiger partial charge in [0.15, 0.2) is 10.3 Å². The first-order valence-electron chi connectivity index (χ1n) is 4.19. The third-order valence-electron chi connectivity index (χ3n) is 1.56. The monoisotopic (exact) mass is 254 g/mol. The van der Waals surface area contributed by atoms with E-state index in [0.717, 1.165) is 11.8 Å². The van der Waals surface area contributed by atoms with Crippen LogP contribution in [0.2, 0.25) is 5.15 Å². The van der Waals surface area contributed by atoms with Crippen molar-refractivity contribution in [2.75, 3.05) is 11.5 Å². The van der Waals surface area contributed by atoms with Crippen molar-refractivity contribution in [2.45, 2.75) is 10.2 Å². The van der Waals surface area contributed by atoms with E-state index in [2.05, 4.69) is 19.9 Å². The van der Waals surface area contributed by atoms with Gasteiger partial charge in [0, 0.05) is 18.5 Å². The summed E-state index contributed by atoms with van der Waals surface area (Å²) < 4.78 is 0. The standard InChI is InChI=1S/C8H7ClN6S/c9-6-7(13-2-1-12-6)16-8-14-4(10)3-5(11)15-8/h1-3H,(H4,10,11,14,15). The quantitative estimate of drug-likeness (QED) is 0.777. The van der Waals surface area contributed by atoms with E-state index in [1.54, 1.807) is 0 Å². The van der Waals surface area contributed by atoms with Crippen LogP contribution in [0.1, 0.15) is 0 Å². The first kappa shape index (κ1) is 10.9. The van der Waals surface area contributed by atoms with Crippen LogP contribution >= 0.6 is 23.4 Å². The minimum absolute atomic E-state index is 0.289. The lowest BCUT2D eigenvalue weighted by molar-refractivity contribution is 0.970. The molecule has 0 atom stereocenters. The van der Waals surface area contributed by atoms with Gasteiger partial charge in [-0.15, -0.1) is 0 Å². The van der Waals surface area contributed by atoms with Gasteiger partial charge in [-0.05, 0) is 11.8 Å². The molecular formula is C8H7ClN6S. The van der Waals surface area contributed by atoms with Crippen molar-refractivity contribution in [3.63, 3.8) is 0 Å². The summed E-state index contributed by atoms with van der Waals surface area (Å²) in [6, 6.07) is 1.47. The lowest BCUT2D eigenvalue weighted by Gasteiger charge is -2.02. The average Bonchev–Trinajstić information content (AvgIpc) is 2.20. The highest BCUT2D eigenvalue weighted by atomic mass is 35.5. The summed E-state index contributed by atoms with van der Waals surface area (Å²) in [5.74, 6) is 0.602. The van der Waals surface area contributed by atoms with E-state index < -0.39 is 0 Å². The van der Waals surface area contributed by atoms with Crippen molar-refractivity contribution >= 4 is 35.0 Å². The Hall–Kier alpha value is -1.60. The van der Waals surface area contributed by atoms with E-state index in [-0.39, 0.29) is 5.15 Å². The van der Waals surface area contributed by atoms with Gasteiger partial charge in [-0.25, -0.2) is 19.9 Å². The molecule has 0 spiro atoms. The Morgan fingerprint density at radius 2 is 1.69 bits per heavy atom. The molecule has 0 saturated carbocycles. The van der Waals surface area contributed by atoms with Gasteiger partial charge in [0.2, 0.25) is 0 Å². The van der Waals surface area contributed by atoms with E-state index in [9.17, 15) is 0 Å². The Labute approximate surface area is 100 Å². The van der Waals surface area contributed by atoms with E-state index in [1.807, 2.05) is 0 Å².